The SMILES string of the molecule is CNC[C@@H]1C[C@@H]1C(=O)Nc1nc2ccc(-c3c(C)cccc3F)cc2s1.Cc1cccc(F)c1-c1ccc2nc(NC(=O)[C@H]3C[C@H]3CO)sc2c1. The lowest BCUT2D eigenvalue weighted by Gasteiger charge is -2.07. The zero-order chi connectivity index (χ0) is 35.8. The van der Waals surface area contributed by atoms with Gasteiger partial charge in [-0.1, -0.05) is 59.1 Å². The minimum absolute atomic E-state index is 0.0366. The van der Waals surface area contributed by atoms with Gasteiger partial charge in [0.15, 0.2) is 10.3 Å². The largest absolute Gasteiger partial charge is 0.396 e. The van der Waals surface area contributed by atoms with Crippen LogP contribution in [0.3, 0.4) is 0 Å². The highest BCUT2D eigenvalue weighted by atomic mass is 32.1. The number of carbonyl (C=O) groups excluding carboxylic acids is 2. The smallest absolute Gasteiger partial charge is 0.229 e. The third kappa shape index (κ3) is 7.55. The number of aliphatic hydroxyl groups excluding tert-OH is 1. The van der Waals surface area contributed by atoms with Crippen molar-refractivity contribution < 1.29 is 23.5 Å². The molecule has 2 aliphatic rings. The average molecular weight is 726 g/mol. The Morgan fingerprint density at radius 2 is 1.22 bits per heavy atom. The number of benzene rings is 4. The van der Waals surface area contributed by atoms with E-state index in [0.29, 0.717) is 27.3 Å². The lowest BCUT2D eigenvalue weighted by molar-refractivity contribution is -0.118. The van der Waals surface area contributed by atoms with Crippen molar-refractivity contribution >= 4 is 65.2 Å². The van der Waals surface area contributed by atoms with Gasteiger partial charge < -0.3 is 21.1 Å². The predicted octanol–water partition coefficient (Wildman–Crippen LogP) is 8.18. The van der Waals surface area contributed by atoms with Crippen molar-refractivity contribution in [2.24, 2.45) is 23.7 Å². The quantitative estimate of drug-likeness (QED) is 0.120. The molecule has 0 bridgehead atoms. The van der Waals surface area contributed by atoms with Crippen LogP contribution in [0.15, 0.2) is 72.8 Å². The maximum Gasteiger partial charge on any atom is 0.229 e. The van der Waals surface area contributed by atoms with E-state index in [-0.39, 0.29) is 47.8 Å². The molecule has 4 atom stereocenters. The summed E-state index contributed by atoms with van der Waals surface area (Å²) in [5, 5.41) is 19.1. The van der Waals surface area contributed by atoms with Crippen LogP contribution in [0.1, 0.15) is 24.0 Å². The first kappa shape index (κ1) is 34.8. The van der Waals surface area contributed by atoms with Crippen LogP contribution in [0, 0.1) is 49.2 Å². The number of hydrogen-bond acceptors (Lipinski definition) is 8. The third-order valence-corrected chi connectivity index (χ3v) is 11.3. The molecular weight excluding hydrogens is 689 g/mol. The molecule has 51 heavy (non-hydrogen) atoms. The van der Waals surface area contributed by atoms with Gasteiger partial charge in [-0.05, 0) is 111 Å². The zero-order valence-corrected chi connectivity index (χ0v) is 29.9. The molecule has 8 rings (SSSR count). The Kier molecular flexibility index (Phi) is 9.93. The summed E-state index contributed by atoms with van der Waals surface area (Å²) >= 11 is 2.80. The summed E-state index contributed by atoms with van der Waals surface area (Å²) in [5.41, 5.74) is 6.18. The number of halogens is 2. The van der Waals surface area contributed by atoms with Gasteiger partial charge >= 0.3 is 0 Å². The summed E-state index contributed by atoms with van der Waals surface area (Å²) in [5.74, 6) is -0.0830. The first-order valence-corrected chi connectivity index (χ1v) is 18.5. The van der Waals surface area contributed by atoms with Crippen molar-refractivity contribution in [3.8, 4) is 22.3 Å². The van der Waals surface area contributed by atoms with Crippen molar-refractivity contribution in [1.82, 2.24) is 15.3 Å². The van der Waals surface area contributed by atoms with Crippen LogP contribution >= 0.6 is 22.7 Å². The van der Waals surface area contributed by atoms with Gasteiger partial charge in [0.25, 0.3) is 0 Å². The summed E-state index contributed by atoms with van der Waals surface area (Å²) in [4.78, 5) is 33.3. The molecule has 0 aliphatic heterocycles. The maximum atomic E-state index is 14.2. The number of carbonyl (C=O) groups is 2. The second-order valence-electron chi connectivity index (χ2n) is 13.2. The molecule has 6 aromatic rings. The fourth-order valence-corrected chi connectivity index (χ4v) is 8.30. The van der Waals surface area contributed by atoms with Gasteiger partial charge in [0.2, 0.25) is 11.8 Å². The van der Waals surface area contributed by atoms with E-state index in [0.717, 1.165) is 62.1 Å². The molecule has 2 aromatic heterocycles. The lowest BCUT2D eigenvalue weighted by atomic mass is 10.00. The summed E-state index contributed by atoms with van der Waals surface area (Å²) in [6, 6.07) is 21.4. The Bertz CT molecular complexity index is 2230. The van der Waals surface area contributed by atoms with Crippen molar-refractivity contribution in [3.63, 3.8) is 0 Å². The Hall–Kier alpha value is -4.62. The van der Waals surface area contributed by atoms with Crippen LogP contribution in [0.25, 0.3) is 42.7 Å². The van der Waals surface area contributed by atoms with E-state index in [2.05, 4.69) is 25.9 Å². The Morgan fingerprint density at radius 1 is 0.745 bits per heavy atom. The number of aromatic nitrogens is 2. The second-order valence-corrected chi connectivity index (χ2v) is 15.3. The maximum absolute atomic E-state index is 14.2. The summed E-state index contributed by atoms with van der Waals surface area (Å²) in [6.07, 6.45) is 1.65. The number of fused-ring (bicyclic) bond motifs is 2. The van der Waals surface area contributed by atoms with Crippen LogP contribution in [0.2, 0.25) is 0 Å². The van der Waals surface area contributed by atoms with Crippen molar-refractivity contribution in [2.75, 3.05) is 30.8 Å². The normalized spacial score (nSPS) is 19.0. The molecule has 2 heterocycles. The highest BCUT2D eigenvalue weighted by molar-refractivity contribution is 7.22. The molecule has 2 amide bonds. The lowest BCUT2D eigenvalue weighted by Crippen LogP contribution is -2.18. The number of hydrogen-bond donors (Lipinski definition) is 4. The van der Waals surface area contributed by atoms with E-state index in [1.165, 1.54) is 34.8 Å². The Labute approximate surface area is 302 Å². The molecule has 0 spiro atoms. The van der Waals surface area contributed by atoms with Gasteiger partial charge in [0.05, 0.1) is 20.4 Å². The molecule has 2 fully saturated rings. The molecule has 2 aliphatic carbocycles. The first-order chi connectivity index (χ1) is 24.6. The Morgan fingerprint density at radius 3 is 1.65 bits per heavy atom. The van der Waals surface area contributed by atoms with Crippen molar-refractivity contribution in [3.05, 3.63) is 95.6 Å². The number of nitrogens with zero attached hydrogens (tertiary/aromatic N) is 2. The fourth-order valence-electron chi connectivity index (χ4n) is 6.49. The van der Waals surface area contributed by atoms with Crippen LogP contribution < -0.4 is 16.0 Å². The fraction of sp³-hybridized carbons (Fsp3) is 0.282. The van der Waals surface area contributed by atoms with Crippen LogP contribution in [0.5, 0.6) is 0 Å². The highest BCUT2D eigenvalue weighted by Gasteiger charge is 2.43. The summed E-state index contributed by atoms with van der Waals surface area (Å²) in [6.45, 7) is 4.69. The van der Waals surface area contributed by atoms with E-state index >= 15 is 0 Å². The van der Waals surface area contributed by atoms with E-state index in [4.69, 9.17) is 5.11 Å². The van der Waals surface area contributed by atoms with Crippen LogP contribution in [0.4, 0.5) is 19.0 Å². The molecule has 4 N–H and O–H groups in total. The Balaban J connectivity index is 0.000000159. The van der Waals surface area contributed by atoms with E-state index in [1.807, 2.05) is 69.4 Å². The topological polar surface area (TPSA) is 116 Å². The first-order valence-electron chi connectivity index (χ1n) is 16.8. The minimum Gasteiger partial charge on any atom is -0.396 e. The number of thiazole rings is 2. The van der Waals surface area contributed by atoms with Gasteiger partial charge in [-0.15, -0.1) is 0 Å². The van der Waals surface area contributed by atoms with Gasteiger partial charge in [-0.2, -0.15) is 0 Å². The molecule has 4 aromatic carbocycles. The van der Waals surface area contributed by atoms with Crippen molar-refractivity contribution in [2.45, 2.75) is 26.7 Å². The number of nitrogens with one attached hydrogen (secondary N) is 3. The number of aryl methyl sites for hydroxylation is 2. The molecule has 262 valence electrons. The number of rotatable bonds is 9. The number of anilines is 2. The third-order valence-electron chi connectivity index (χ3n) is 9.48. The van der Waals surface area contributed by atoms with Crippen LogP contribution in [-0.4, -0.2) is 47.1 Å². The standard InChI is InChI=1S/C20H20FN3OS.C19H17FN2O2S/c1-11-4-3-5-15(21)18(11)12-6-7-16-17(9-12)26-20(23-16)24-19(25)14-8-13(14)10-22-2;1-10-3-2-4-14(20)17(10)11-5-6-15-16(8-11)25-19(21-15)22-18(24)13-7-12(13)9-23/h3-7,9,13-14,22H,8,10H2,1-2H3,(H,23,24,25);2-6,8,12-13,23H,7,9H2,1H3,(H,21,22,24)/t13-,14-;12-,13-/m00/s1. The van der Waals surface area contributed by atoms with Crippen molar-refractivity contribution in [1.29, 1.82) is 0 Å². The van der Waals surface area contributed by atoms with Gasteiger partial charge in [0, 0.05) is 29.6 Å². The molecule has 12 heteroatoms. The molecule has 0 unspecified atom stereocenters. The summed E-state index contributed by atoms with van der Waals surface area (Å²) in [7, 11) is 1.90. The minimum atomic E-state index is -0.249. The monoisotopic (exact) mass is 725 g/mol. The molecule has 0 radical (unpaired) electrons. The van der Waals surface area contributed by atoms with E-state index in [1.54, 1.807) is 12.1 Å². The van der Waals surface area contributed by atoms with Crippen LogP contribution in [-0.2, 0) is 9.59 Å². The molecule has 2 saturated carbocycles. The molecular formula is C39H37F2N5O3S2. The zero-order valence-electron chi connectivity index (χ0n) is 28.3. The van der Waals surface area contributed by atoms with E-state index in [9.17, 15) is 18.4 Å². The number of amides is 2. The molecule has 8 nitrogen and oxygen atoms in total. The van der Waals surface area contributed by atoms with Gasteiger partial charge in [-0.25, -0.2) is 18.7 Å². The highest BCUT2D eigenvalue weighted by Crippen LogP contribution is 2.41. The van der Waals surface area contributed by atoms with Gasteiger partial charge in [0.1, 0.15) is 11.6 Å². The van der Waals surface area contributed by atoms with E-state index < -0.39 is 0 Å². The molecule has 0 saturated heterocycles. The number of aliphatic hydroxyl groups is 1. The average Bonchev–Trinajstić information content (AvgIpc) is 3.98. The van der Waals surface area contributed by atoms with Gasteiger partial charge in [-0.3, -0.25) is 9.59 Å². The predicted molar refractivity (Wildman–Crippen MR) is 201 cm³/mol. The second kappa shape index (κ2) is 14.5. The summed E-state index contributed by atoms with van der Waals surface area (Å²) < 4.78 is 30.3.